The minimum Gasteiger partial charge on any atom is -0.368 e. The van der Waals surface area contributed by atoms with Gasteiger partial charge in [-0.25, -0.2) is 0 Å². The van der Waals surface area contributed by atoms with Gasteiger partial charge in [-0.1, -0.05) is 11.6 Å². The summed E-state index contributed by atoms with van der Waals surface area (Å²) in [5, 5.41) is 7.41. The second-order valence-electron chi connectivity index (χ2n) is 5.33. The Labute approximate surface area is 108 Å². The molecular weight excluding hydrogens is 230 g/mol. The third-order valence-corrected chi connectivity index (χ3v) is 3.69. The Morgan fingerprint density at radius 1 is 1.44 bits per heavy atom. The molecule has 0 saturated heterocycles. The van der Waals surface area contributed by atoms with E-state index < -0.39 is 5.60 Å². The molecular formula is C13H23N3O2. The van der Waals surface area contributed by atoms with E-state index in [1.54, 1.807) is 0 Å². The van der Waals surface area contributed by atoms with E-state index in [0.717, 1.165) is 12.3 Å². The summed E-state index contributed by atoms with van der Waals surface area (Å²) < 4.78 is 11.1. The van der Waals surface area contributed by atoms with Gasteiger partial charge >= 0.3 is 0 Å². The van der Waals surface area contributed by atoms with Crippen molar-refractivity contribution in [2.75, 3.05) is 13.7 Å². The number of hydrogen-bond acceptors (Lipinski definition) is 5. The van der Waals surface area contributed by atoms with Crippen molar-refractivity contribution in [1.29, 1.82) is 0 Å². The van der Waals surface area contributed by atoms with Gasteiger partial charge in [-0.15, -0.1) is 0 Å². The first-order valence-corrected chi connectivity index (χ1v) is 6.73. The Balaban J connectivity index is 2.15. The van der Waals surface area contributed by atoms with Gasteiger partial charge in [0.15, 0.2) is 0 Å². The van der Waals surface area contributed by atoms with Gasteiger partial charge in [-0.3, -0.25) is 0 Å². The second kappa shape index (κ2) is 5.36. The molecule has 5 heteroatoms. The number of nitrogens with one attached hydrogen (secondary N) is 1. The minimum atomic E-state index is -0.482. The van der Waals surface area contributed by atoms with E-state index in [2.05, 4.69) is 15.5 Å². The molecule has 2 unspecified atom stereocenters. The average Bonchev–Trinajstić information content (AvgIpc) is 2.97. The van der Waals surface area contributed by atoms with Gasteiger partial charge in [0.25, 0.3) is 0 Å². The quantitative estimate of drug-likeness (QED) is 0.871. The maximum atomic E-state index is 5.64. The molecule has 0 spiro atoms. The van der Waals surface area contributed by atoms with Gasteiger partial charge in [0.05, 0.1) is 5.92 Å². The lowest BCUT2D eigenvalue weighted by atomic mass is 10.0. The number of likely N-dealkylation sites (N-methyl/N-ethyl adjacent to an activating group) is 1. The summed E-state index contributed by atoms with van der Waals surface area (Å²) in [7, 11) is 1.99. The molecule has 1 aromatic heterocycles. The molecule has 1 saturated carbocycles. The molecule has 1 aliphatic carbocycles. The number of ether oxygens (including phenoxy) is 1. The van der Waals surface area contributed by atoms with Gasteiger partial charge in [-0.2, -0.15) is 4.98 Å². The molecule has 0 aromatic carbocycles. The Hall–Kier alpha value is -0.940. The van der Waals surface area contributed by atoms with Crippen molar-refractivity contribution >= 4 is 0 Å². The van der Waals surface area contributed by atoms with Crippen LogP contribution >= 0.6 is 0 Å². The highest BCUT2D eigenvalue weighted by molar-refractivity contribution is 5.05. The first-order valence-electron chi connectivity index (χ1n) is 6.73. The Morgan fingerprint density at radius 3 is 2.89 bits per heavy atom. The molecule has 0 radical (unpaired) electrons. The van der Waals surface area contributed by atoms with Crippen molar-refractivity contribution < 1.29 is 9.26 Å². The largest absolute Gasteiger partial charge is 0.368 e. The highest BCUT2D eigenvalue weighted by Crippen LogP contribution is 2.34. The van der Waals surface area contributed by atoms with Crippen LogP contribution in [0, 0.1) is 0 Å². The van der Waals surface area contributed by atoms with Crippen molar-refractivity contribution in [2.24, 2.45) is 0 Å². The maximum absolute atomic E-state index is 5.64. The van der Waals surface area contributed by atoms with Crippen molar-refractivity contribution in [3.63, 3.8) is 0 Å². The summed E-state index contributed by atoms with van der Waals surface area (Å²) in [4.78, 5) is 4.54. The summed E-state index contributed by atoms with van der Waals surface area (Å²) >= 11 is 0. The molecule has 1 aliphatic rings. The third-order valence-electron chi connectivity index (χ3n) is 3.69. The van der Waals surface area contributed by atoms with Crippen LogP contribution in [0.3, 0.4) is 0 Å². The molecule has 1 fully saturated rings. The number of hydrogen-bond donors (Lipinski definition) is 1. The van der Waals surface area contributed by atoms with Crippen LogP contribution in [-0.4, -0.2) is 29.8 Å². The van der Waals surface area contributed by atoms with Crippen LogP contribution in [0.5, 0.6) is 0 Å². The summed E-state index contributed by atoms with van der Waals surface area (Å²) in [6.07, 6.45) is 3.50. The Morgan fingerprint density at radius 2 is 2.22 bits per heavy atom. The SMILES string of the molecule is CCOC(C)(C)c1noc(C2CCCC2NC)n1. The van der Waals surface area contributed by atoms with E-state index in [9.17, 15) is 0 Å². The second-order valence-corrected chi connectivity index (χ2v) is 5.33. The van der Waals surface area contributed by atoms with Crippen LogP contribution in [0.25, 0.3) is 0 Å². The molecule has 0 bridgehead atoms. The van der Waals surface area contributed by atoms with Crippen LogP contribution in [0.2, 0.25) is 0 Å². The fourth-order valence-electron chi connectivity index (χ4n) is 2.66. The molecule has 18 heavy (non-hydrogen) atoms. The van der Waals surface area contributed by atoms with Crippen molar-refractivity contribution in [3.05, 3.63) is 11.7 Å². The lowest BCUT2D eigenvalue weighted by molar-refractivity contribution is -0.0221. The van der Waals surface area contributed by atoms with E-state index in [-0.39, 0.29) is 0 Å². The fourth-order valence-corrected chi connectivity index (χ4v) is 2.66. The van der Waals surface area contributed by atoms with Crippen molar-refractivity contribution in [1.82, 2.24) is 15.5 Å². The van der Waals surface area contributed by atoms with Gasteiger partial charge in [0.2, 0.25) is 11.7 Å². The highest BCUT2D eigenvalue weighted by Gasteiger charge is 2.34. The van der Waals surface area contributed by atoms with Crippen molar-refractivity contribution in [2.45, 2.75) is 57.6 Å². The Kier molecular flexibility index (Phi) is 4.02. The van der Waals surface area contributed by atoms with E-state index in [0.29, 0.717) is 24.4 Å². The normalized spacial score (nSPS) is 24.7. The Bertz CT molecular complexity index is 389. The fraction of sp³-hybridized carbons (Fsp3) is 0.846. The predicted octanol–water partition coefficient (Wildman–Crippen LogP) is 2.20. The van der Waals surface area contributed by atoms with Gasteiger partial charge < -0.3 is 14.6 Å². The summed E-state index contributed by atoms with van der Waals surface area (Å²) in [6.45, 7) is 6.54. The standard InChI is InChI=1S/C13H23N3O2/c1-5-17-13(2,3)12-15-11(18-16-12)9-7-6-8-10(9)14-4/h9-10,14H,5-8H2,1-4H3. The zero-order chi connectivity index (χ0) is 13.2. The van der Waals surface area contributed by atoms with Crippen LogP contribution in [-0.2, 0) is 10.3 Å². The molecule has 2 atom stereocenters. The summed E-state index contributed by atoms with van der Waals surface area (Å²) in [5.74, 6) is 1.73. The zero-order valence-corrected chi connectivity index (χ0v) is 11.7. The number of aromatic nitrogens is 2. The van der Waals surface area contributed by atoms with E-state index in [1.807, 2.05) is 27.8 Å². The highest BCUT2D eigenvalue weighted by atomic mass is 16.5. The van der Waals surface area contributed by atoms with E-state index in [4.69, 9.17) is 9.26 Å². The van der Waals surface area contributed by atoms with Crippen molar-refractivity contribution in [3.8, 4) is 0 Å². The van der Waals surface area contributed by atoms with Gasteiger partial charge in [-0.05, 0) is 40.7 Å². The van der Waals surface area contributed by atoms with E-state index in [1.165, 1.54) is 12.8 Å². The zero-order valence-electron chi connectivity index (χ0n) is 11.7. The molecule has 1 heterocycles. The summed E-state index contributed by atoms with van der Waals surface area (Å²) in [5.41, 5.74) is -0.482. The first-order chi connectivity index (χ1) is 8.58. The first kappa shape index (κ1) is 13.5. The molecule has 0 amide bonds. The smallest absolute Gasteiger partial charge is 0.231 e. The predicted molar refractivity (Wildman–Crippen MR) is 68.4 cm³/mol. The number of nitrogens with zero attached hydrogens (tertiary/aromatic N) is 2. The molecule has 1 N–H and O–H groups in total. The van der Waals surface area contributed by atoms with Gasteiger partial charge in [0, 0.05) is 12.6 Å². The summed E-state index contributed by atoms with van der Waals surface area (Å²) in [6, 6.07) is 0.452. The van der Waals surface area contributed by atoms with Crippen LogP contribution < -0.4 is 5.32 Å². The molecule has 5 nitrogen and oxygen atoms in total. The molecule has 0 aliphatic heterocycles. The average molecular weight is 253 g/mol. The maximum Gasteiger partial charge on any atom is 0.231 e. The van der Waals surface area contributed by atoms with Crippen LogP contribution in [0.1, 0.15) is 57.7 Å². The minimum absolute atomic E-state index is 0.341. The number of rotatable bonds is 5. The molecule has 2 rings (SSSR count). The lowest BCUT2D eigenvalue weighted by Gasteiger charge is -2.20. The van der Waals surface area contributed by atoms with Crippen LogP contribution in [0.15, 0.2) is 4.52 Å². The topological polar surface area (TPSA) is 60.2 Å². The molecule has 102 valence electrons. The monoisotopic (exact) mass is 253 g/mol. The molecule has 1 aromatic rings. The third kappa shape index (κ3) is 2.57. The van der Waals surface area contributed by atoms with Gasteiger partial charge in [0.1, 0.15) is 5.60 Å². The lowest BCUT2D eigenvalue weighted by Crippen LogP contribution is -2.28. The van der Waals surface area contributed by atoms with Crippen LogP contribution in [0.4, 0.5) is 0 Å². The van der Waals surface area contributed by atoms with E-state index >= 15 is 0 Å².